The van der Waals surface area contributed by atoms with E-state index in [4.69, 9.17) is 18.9 Å². The summed E-state index contributed by atoms with van der Waals surface area (Å²) in [5, 5.41) is 11.6. The van der Waals surface area contributed by atoms with Crippen molar-refractivity contribution in [2.45, 2.75) is 89.1 Å². The van der Waals surface area contributed by atoms with Gasteiger partial charge in [-0.15, -0.1) is 0 Å². The Morgan fingerprint density at radius 2 is 1.84 bits per heavy atom. The second-order valence-electron chi connectivity index (χ2n) is 13.4. The molecule has 0 amide bonds. The number of nitrogens with zero attached hydrogens (tertiary/aromatic N) is 1. The number of ketones is 2. The molecule has 244 valence electrons. The molecule has 0 bridgehead atoms. The predicted molar refractivity (Wildman–Crippen MR) is 146 cm³/mol. The maximum absolute atomic E-state index is 17.5. The van der Waals surface area contributed by atoms with Crippen LogP contribution in [-0.2, 0) is 35.3 Å². The number of fused-ring (bicyclic) bond motifs is 7. The molecule has 2 heterocycles. The minimum Gasteiger partial charge on any atom is -0.426 e. The number of halogens is 3. The highest BCUT2D eigenvalue weighted by atomic mass is 19.1. The van der Waals surface area contributed by atoms with Crippen molar-refractivity contribution in [2.24, 2.45) is 22.7 Å². The molecule has 0 spiro atoms. The van der Waals surface area contributed by atoms with Crippen molar-refractivity contribution >= 4 is 17.7 Å². The van der Waals surface area contributed by atoms with Crippen LogP contribution in [-0.4, -0.2) is 74.4 Å². The number of carbonyl (C=O) groups is 3. The summed E-state index contributed by atoms with van der Waals surface area (Å²) in [6, 6.07) is 0. The van der Waals surface area contributed by atoms with Crippen molar-refractivity contribution in [1.82, 2.24) is 9.55 Å². The summed E-state index contributed by atoms with van der Waals surface area (Å²) < 4.78 is 69.6. The number of aliphatic hydroxyl groups is 1. The molecule has 12 nitrogen and oxygen atoms in total. The number of hydrogen-bond donors (Lipinski definition) is 2. The molecular weight excluding hydrogens is 605 g/mol. The number of alkyl halides is 2. The number of aromatic nitrogens is 2. The fraction of sp³-hybridized carbons (Fsp3) is 0.633. The Balaban J connectivity index is 1.27. The van der Waals surface area contributed by atoms with Crippen LogP contribution in [0.25, 0.3) is 0 Å². The van der Waals surface area contributed by atoms with Gasteiger partial charge in [-0.1, -0.05) is 13.0 Å². The SMILES string of the molecule is CC1(C)OC2CC3C4CC(F)C5=CC(=O)C=CC5(C)C4(F)[C@@H](O)CC3(C)C2(C(=O)COC(=O)OCn2cc(F)c(=O)[nH]c2=O)O1. The molecule has 6 rings (SSSR count). The smallest absolute Gasteiger partial charge is 0.426 e. The van der Waals surface area contributed by atoms with Gasteiger partial charge in [0, 0.05) is 16.7 Å². The van der Waals surface area contributed by atoms with Crippen LogP contribution >= 0.6 is 0 Å². The van der Waals surface area contributed by atoms with E-state index in [-0.39, 0.29) is 24.8 Å². The first-order valence-corrected chi connectivity index (χ1v) is 14.6. The standard InChI is InChI=1S/C30H33F3N2O10/c1-26(2)44-22-9-15-16-8-18(31)17-7-14(36)5-6-27(17,3)29(16,33)20(37)10-28(15,4)30(22,45-26)21(38)12-42-25(41)43-13-35-11-19(32)23(39)34-24(35)40/h5-7,11,15-16,18,20,22,37H,8-10,12-13H2,1-4H3,(H,34,39,40)/t15?,16?,18?,20-,22?,27?,28?,29?,30?/m0/s1. The van der Waals surface area contributed by atoms with E-state index in [1.807, 2.05) is 0 Å². The summed E-state index contributed by atoms with van der Waals surface area (Å²) in [4.78, 5) is 63.2. The lowest BCUT2D eigenvalue weighted by Gasteiger charge is -2.63. The third-order valence-corrected chi connectivity index (χ3v) is 10.6. The molecule has 4 fully saturated rings. The third-order valence-electron chi connectivity index (χ3n) is 10.6. The average Bonchev–Trinajstić information content (AvgIpc) is 3.37. The molecule has 45 heavy (non-hydrogen) atoms. The van der Waals surface area contributed by atoms with Crippen molar-refractivity contribution in [3.8, 4) is 0 Å². The van der Waals surface area contributed by atoms with E-state index in [1.54, 1.807) is 25.8 Å². The normalized spacial score (nSPS) is 40.9. The molecule has 3 saturated carbocycles. The third kappa shape index (κ3) is 4.26. The Hall–Kier alpha value is -3.56. The zero-order valence-electron chi connectivity index (χ0n) is 24.9. The Kier molecular flexibility index (Phi) is 6.96. The van der Waals surface area contributed by atoms with Crippen molar-refractivity contribution in [1.29, 1.82) is 0 Å². The van der Waals surface area contributed by atoms with Gasteiger partial charge in [0.1, 0.15) is 6.17 Å². The van der Waals surface area contributed by atoms with Crippen molar-refractivity contribution in [3.05, 3.63) is 56.7 Å². The second kappa shape index (κ2) is 9.97. The maximum Gasteiger partial charge on any atom is 0.510 e. The summed E-state index contributed by atoms with van der Waals surface area (Å²) in [6.07, 6.45) is -2.22. The van der Waals surface area contributed by atoms with Crippen molar-refractivity contribution in [2.75, 3.05) is 6.61 Å². The van der Waals surface area contributed by atoms with Crippen LogP contribution in [0.5, 0.6) is 0 Å². The summed E-state index contributed by atoms with van der Waals surface area (Å²) in [5.41, 5.74) is -9.52. The van der Waals surface area contributed by atoms with Crippen LogP contribution in [0.1, 0.15) is 47.0 Å². The fourth-order valence-electron chi connectivity index (χ4n) is 8.78. The summed E-state index contributed by atoms with van der Waals surface area (Å²) in [5.74, 6) is -5.67. The molecule has 1 aliphatic heterocycles. The molecule has 9 atom stereocenters. The number of ether oxygens (including phenoxy) is 4. The van der Waals surface area contributed by atoms with E-state index >= 15 is 8.78 Å². The topological polar surface area (TPSA) is 163 Å². The molecule has 2 N–H and O–H groups in total. The van der Waals surface area contributed by atoms with Gasteiger partial charge in [0.25, 0.3) is 5.56 Å². The monoisotopic (exact) mass is 638 g/mol. The number of aliphatic hydroxyl groups excluding tert-OH is 1. The molecule has 15 heteroatoms. The average molecular weight is 639 g/mol. The lowest BCUT2D eigenvalue weighted by atomic mass is 9.44. The summed E-state index contributed by atoms with van der Waals surface area (Å²) in [6.45, 7) is 4.52. The highest BCUT2D eigenvalue weighted by Crippen LogP contribution is 2.72. The Morgan fingerprint density at radius 1 is 1.13 bits per heavy atom. The van der Waals surface area contributed by atoms with Crippen LogP contribution in [0.2, 0.25) is 0 Å². The molecule has 4 aliphatic carbocycles. The van der Waals surface area contributed by atoms with E-state index in [0.29, 0.717) is 10.8 Å². The van der Waals surface area contributed by atoms with E-state index in [0.717, 1.165) is 6.08 Å². The molecule has 0 aromatic carbocycles. The number of carbonyl (C=O) groups excluding carboxylic acids is 3. The number of Topliss-reactive ketones (excluding diaryl/α,β-unsaturated/α-hetero) is 1. The van der Waals surface area contributed by atoms with Crippen LogP contribution in [0, 0.1) is 28.5 Å². The van der Waals surface area contributed by atoms with Gasteiger partial charge in [0.2, 0.25) is 11.6 Å². The first kappa shape index (κ1) is 31.4. The van der Waals surface area contributed by atoms with Crippen LogP contribution in [0.15, 0.2) is 39.6 Å². The first-order chi connectivity index (χ1) is 20.9. The maximum atomic E-state index is 17.5. The number of nitrogens with one attached hydrogen (secondary N) is 1. The Bertz CT molecular complexity index is 1670. The summed E-state index contributed by atoms with van der Waals surface area (Å²) in [7, 11) is 0. The minimum absolute atomic E-state index is 0.0345. The van der Waals surface area contributed by atoms with E-state index in [1.165, 1.54) is 19.1 Å². The van der Waals surface area contributed by atoms with Gasteiger partial charge in [0.15, 0.2) is 36.2 Å². The van der Waals surface area contributed by atoms with Crippen molar-refractivity contribution < 1.29 is 51.6 Å². The van der Waals surface area contributed by atoms with E-state index < -0.39 is 106 Å². The summed E-state index contributed by atoms with van der Waals surface area (Å²) >= 11 is 0. The molecular formula is C30H33F3N2O10. The van der Waals surface area contributed by atoms with Crippen LogP contribution in [0.3, 0.4) is 0 Å². The number of hydrogen-bond acceptors (Lipinski definition) is 10. The van der Waals surface area contributed by atoms with Crippen molar-refractivity contribution in [3.63, 3.8) is 0 Å². The Morgan fingerprint density at radius 3 is 2.56 bits per heavy atom. The Labute approximate surface area is 254 Å². The van der Waals surface area contributed by atoms with Gasteiger partial charge in [-0.05, 0) is 63.7 Å². The minimum atomic E-state index is -2.39. The van der Waals surface area contributed by atoms with E-state index in [9.17, 15) is 33.5 Å². The molecule has 5 aliphatic rings. The van der Waals surface area contributed by atoms with Crippen LogP contribution < -0.4 is 11.2 Å². The highest BCUT2D eigenvalue weighted by molar-refractivity contribution is 6.01. The first-order valence-electron chi connectivity index (χ1n) is 14.6. The zero-order valence-corrected chi connectivity index (χ0v) is 24.9. The fourth-order valence-corrected chi connectivity index (χ4v) is 8.78. The number of allylic oxidation sites excluding steroid dienone is 4. The van der Waals surface area contributed by atoms with Gasteiger partial charge in [-0.25, -0.2) is 18.4 Å². The molecule has 0 radical (unpaired) electrons. The van der Waals surface area contributed by atoms with Gasteiger partial charge in [-0.2, -0.15) is 4.39 Å². The zero-order chi connectivity index (χ0) is 32.9. The molecule has 8 unspecified atom stereocenters. The van der Waals surface area contributed by atoms with Gasteiger partial charge < -0.3 is 24.1 Å². The second-order valence-corrected chi connectivity index (χ2v) is 13.4. The predicted octanol–water partition coefficient (Wildman–Crippen LogP) is 2.17. The molecule has 1 aromatic rings. The van der Waals surface area contributed by atoms with Gasteiger partial charge in [-0.3, -0.25) is 23.9 Å². The van der Waals surface area contributed by atoms with Gasteiger partial charge in [0.05, 0.1) is 18.4 Å². The number of rotatable bonds is 5. The number of H-pyrrole nitrogens is 1. The lowest BCUT2D eigenvalue weighted by molar-refractivity contribution is -0.249. The molecule has 1 aromatic heterocycles. The van der Waals surface area contributed by atoms with E-state index in [2.05, 4.69) is 0 Å². The highest BCUT2D eigenvalue weighted by Gasteiger charge is 2.80. The molecule has 1 saturated heterocycles. The number of aromatic amines is 1. The quantitative estimate of drug-likeness (QED) is 0.457. The van der Waals surface area contributed by atoms with Gasteiger partial charge >= 0.3 is 11.8 Å². The largest absolute Gasteiger partial charge is 0.510 e. The lowest BCUT2D eigenvalue weighted by Crippen LogP contribution is -2.71. The van der Waals surface area contributed by atoms with Crippen LogP contribution in [0.4, 0.5) is 18.0 Å².